The van der Waals surface area contributed by atoms with Gasteiger partial charge in [0.25, 0.3) is 5.91 Å². The molecule has 3 rings (SSSR count). The fraction of sp³-hybridized carbons (Fsp3) is 0.269. The fourth-order valence-corrected chi connectivity index (χ4v) is 3.43. The van der Waals surface area contributed by atoms with Crippen LogP contribution in [0.3, 0.4) is 0 Å². The van der Waals surface area contributed by atoms with E-state index in [-0.39, 0.29) is 6.04 Å². The van der Waals surface area contributed by atoms with Crippen LogP contribution in [0.1, 0.15) is 25.3 Å². The SMILES string of the molecule is COc1ccc(/C=C/C(=O)NNC(=O)NCCCC(C)Nc2cc(OC)cc3cccnc23)cc1. The number of hydrogen-bond donors (Lipinski definition) is 4. The number of hydrogen-bond acceptors (Lipinski definition) is 6. The van der Waals surface area contributed by atoms with Crippen LogP contribution in [0, 0.1) is 0 Å². The molecule has 4 N–H and O–H groups in total. The first-order valence-electron chi connectivity index (χ1n) is 11.3. The number of rotatable bonds is 10. The summed E-state index contributed by atoms with van der Waals surface area (Å²) in [6.07, 6.45) is 6.32. The molecular weight excluding hydrogens is 446 g/mol. The third-order valence-corrected chi connectivity index (χ3v) is 5.26. The highest BCUT2D eigenvalue weighted by atomic mass is 16.5. The Balaban J connectivity index is 1.36. The molecule has 3 aromatic rings. The van der Waals surface area contributed by atoms with Gasteiger partial charge in [-0.1, -0.05) is 18.2 Å². The second-order valence-corrected chi connectivity index (χ2v) is 7.91. The van der Waals surface area contributed by atoms with Crippen LogP contribution < -0.4 is 31.0 Å². The van der Waals surface area contributed by atoms with Gasteiger partial charge in [-0.15, -0.1) is 0 Å². The Bertz CT molecular complexity index is 1160. The second-order valence-electron chi connectivity index (χ2n) is 7.91. The Hall–Kier alpha value is -4.27. The second kappa shape index (κ2) is 12.8. The molecule has 0 radical (unpaired) electrons. The van der Waals surface area contributed by atoms with Crippen molar-refractivity contribution in [2.24, 2.45) is 0 Å². The molecule has 184 valence electrons. The van der Waals surface area contributed by atoms with Crippen molar-refractivity contribution in [2.45, 2.75) is 25.8 Å². The summed E-state index contributed by atoms with van der Waals surface area (Å²) in [6.45, 7) is 2.54. The van der Waals surface area contributed by atoms with Crippen molar-refractivity contribution in [3.8, 4) is 11.5 Å². The third-order valence-electron chi connectivity index (χ3n) is 5.26. The van der Waals surface area contributed by atoms with Gasteiger partial charge in [-0.25, -0.2) is 10.2 Å². The Morgan fingerprint density at radius 1 is 1.03 bits per heavy atom. The number of benzene rings is 2. The summed E-state index contributed by atoms with van der Waals surface area (Å²) in [7, 11) is 3.23. The van der Waals surface area contributed by atoms with E-state index in [1.54, 1.807) is 38.6 Å². The van der Waals surface area contributed by atoms with Gasteiger partial charge >= 0.3 is 6.03 Å². The van der Waals surface area contributed by atoms with Crippen LogP contribution >= 0.6 is 0 Å². The number of anilines is 1. The van der Waals surface area contributed by atoms with Gasteiger partial charge in [0, 0.05) is 36.3 Å². The highest BCUT2D eigenvalue weighted by Gasteiger charge is 2.09. The highest BCUT2D eigenvalue weighted by molar-refractivity contribution is 5.93. The third kappa shape index (κ3) is 7.92. The number of ether oxygens (including phenoxy) is 2. The predicted molar refractivity (Wildman–Crippen MR) is 137 cm³/mol. The molecule has 0 aliphatic carbocycles. The first-order chi connectivity index (χ1) is 17.0. The topological polar surface area (TPSA) is 114 Å². The summed E-state index contributed by atoms with van der Waals surface area (Å²) in [6, 6.07) is 14.7. The van der Waals surface area contributed by atoms with Gasteiger partial charge in [0.15, 0.2) is 0 Å². The molecule has 1 aromatic heterocycles. The van der Waals surface area contributed by atoms with Crippen molar-refractivity contribution in [1.29, 1.82) is 0 Å². The first kappa shape index (κ1) is 25.4. The zero-order valence-electron chi connectivity index (χ0n) is 20.1. The number of amides is 3. The Morgan fingerprint density at radius 3 is 2.54 bits per heavy atom. The summed E-state index contributed by atoms with van der Waals surface area (Å²) < 4.78 is 10.5. The van der Waals surface area contributed by atoms with Gasteiger partial charge in [-0.3, -0.25) is 15.2 Å². The predicted octanol–water partition coefficient (Wildman–Crippen LogP) is 3.88. The van der Waals surface area contributed by atoms with Gasteiger partial charge in [-0.2, -0.15) is 0 Å². The molecule has 0 aliphatic heterocycles. The van der Waals surface area contributed by atoms with Crippen LogP contribution in [-0.4, -0.2) is 43.7 Å². The summed E-state index contributed by atoms with van der Waals surface area (Å²) in [4.78, 5) is 28.3. The summed E-state index contributed by atoms with van der Waals surface area (Å²) in [5, 5.41) is 7.21. The van der Waals surface area contributed by atoms with Crippen molar-refractivity contribution in [1.82, 2.24) is 21.2 Å². The normalized spacial score (nSPS) is 11.6. The van der Waals surface area contributed by atoms with Crippen LogP contribution in [0.2, 0.25) is 0 Å². The number of nitrogens with one attached hydrogen (secondary N) is 4. The first-order valence-corrected chi connectivity index (χ1v) is 11.3. The van der Waals surface area contributed by atoms with E-state index in [0.717, 1.165) is 46.5 Å². The molecule has 0 bridgehead atoms. The van der Waals surface area contributed by atoms with E-state index in [2.05, 4.69) is 33.4 Å². The minimum Gasteiger partial charge on any atom is -0.497 e. The van der Waals surface area contributed by atoms with E-state index in [1.807, 2.05) is 36.4 Å². The molecule has 0 saturated heterocycles. The summed E-state index contributed by atoms with van der Waals surface area (Å²) in [5.41, 5.74) is 7.31. The lowest BCUT2D eigenvalue weighted by atomic mass is 10.1. The average Bonchev–Trinajstić information content (AvgIpc) is 2.88. The number of hydrazine groups is 1. The molecule has 0 aliphatic rings. The van der Waals surface area contributed by atoms with E-state index in [9.17, 15) is 9.59 Å². The molecule has 35 heavy (non-hydrogen) atoms. The van der Waals surface area contributed by atoms with E-state index in [0.29, 0.717) is 6.54 Å². The lowest BCUT2D eigenvalue weighted by Gasteiger charge is -2.17. The van der Waals surface area contributed by atoms with Crippen LogP contribution in [0.4, 0.5) is 10.5 Å². The van der Waals surface area contributed by atoms with Gasteiger partial charge in [0.05, 0.1) is 25.4 Å². The maximum atomic E-state index is 11.9. The number of nitrogens with zero attached hydrogens (tertiary/aromatic N) is 1. The molecule has 9 heteroatoms. The Labute approximate surface area is 204 Å². The van der Waals surface area contributed by atoms with Crippen molar-refractivity contribution in [2.75, 3.05) is 26.1 Å². The van der Waals surface area contributed by atoms with Crippen LogP contribution in [0.15, 0.2) is 60.8 Å². The van der Waals surface area contributed by atoms with Crippen molar-refractivity contribution >= 4 is 34.6 Å². The largest absolute Gasteiger partial charge is 0.497 e. The molecule has 1 unspecified atom stereocenters. The van der Waals surface area contributed by atoms with Gasteiger partial charge < -0.3 is 20.1 Å². The summed E-state index contributed by atoms with van der Waals surface area (Å²) in [5.74, 6) is 1.06. The molecule has 1 heterocycles. The fourth-order valence-electron chi connectivity index (χ4n) is 3.43. The smallest absolute Gasteiger partial charge is 0.333 e. The Kier molecular flexibility index (Phi) is 9.30. The molecule has 9 nitrogen and oxygen atoms in total. The molecule has 2 aromatic carbocycles. The summed E-state index contributed by atoms with van der Waals surface area (Å²) >= 11 is 0. The molecule has 3 amide bonds. The monoisotopic (exact) mass is 477 g/mol. The van der Waals surface area contributed by atoms with Gasteiger partial charge in [0.1, 0.15) is 11.5 Å². The molecule has 1 atom stereocenters. The molecule has 0 saturated carbocycles. The molecule has 0 fully saturated rings. The lowest BCUT2D eigenvalue weighted by molar-refractivity contribution is -0.117. The van der Waals surface area contributed by atoms with Crippen LogP contribution in [0.25, 0.3) is 17.0 Å². The van der Waals surface area contributed by atoms with E-state index in [4.69, 9.17) is 9.47 Å². The van der Waals surface area contributed by atoms with Crippen LogP contribution in [0.5, 0.6) is 11.5 Å². The zero-order valence-corrected chi connectivity index (χ0v) is 20.1. The van der Waals surface area contributed by atoms with Gasteiger partial charge in [0.2, 0.25) is 0 Å². The zero-order chi connectivity index (χ0) is 25.0. The van der Waals surface area contributed by atoms with E-state index in [1.165, 1.54) is 6.08 Å². The standard InChI is InChI=1S/C26H31N5O4/c1-18(29-23-17-22(35-3)16-20-7-5-14-27-25(20)23)6-4-15-28-26(33)31-30-24(32)13-10-19-8-11-21(34-2)12-9-19/h5,7-14,16-18,29H,4,6,15H2,1-3H3,(H,30,32)(H2,28,31,33)/b13-10+. The number of methoxy groups -OCH3 is 2. The highest BCUT2D eigenvalue weighted by Crippen LogP contribution is 2.28. The number of urea groups is 1. The maximum Gasteiger partial charge on any atom is 0.333 e. The van der Waals surface area contributed by atoms with Crippen molar-refractivity contribution in [3.05, 3.63) is 66.4 Å². The number of pyridine rings is 1. The average molecular weight is 478 g/mol. The van der Waals surface area contributed by atoms with E-state index < -0.39 is 11.9 Å². The van der Waals surface area contributed by atoms with Crippen molar-refractivity contribution < 1.29 is 19.1 Å². The quantitative estimate of drug-likeness (QED) is 0.200. The molecule has 0 spiro atoms. The van der Waals surface area contributed by atoms with E-state index >= 15 is 0 Å². The Morgan fingerprint density at radius 2 is 1.80 bits per heavy atom. The maximum absolute atomic E-state index is 11.9. The number of aromatic nitrogens is 1. The number of fused-ring (bicyclic) bond motifs is 1. The number of carbonyl (C=O) groups is 2. The number of carbonyl (C=O) groups excluding carboxylic acids is 2. The van der Waals surface area contributed by atoms with Gasteiger partial charge in [-0.05, 0) is 55.7 Å². The van der Waals surface area contributed by atoms with Crippen molar-refractivity contribution in [3.63, 3.8) is 0 Å². The minimum atomic E-state index is -0.472. The molecular formula is C26H31N5O4. The van der Waals surface area contributed by atoms with Crippen LogP contribution in [-0.2, 0) is 4.79 Å². The lowest BCUT2D eigenvalue weighted by Crippen LogP contribution is -2.46. The minimum absolute atomic E-state index is 0.153.